The molecule has 3 unspecified atom stereocenters. The van der Waals surface area contributed by atoms with Gasteiger partial charge in [0.2, 0.25) is 0 Å². The Bertz CT molecular complexity index is 1410. The topological polar surface area (TPSA) is 66.4 Å². The standard InChI is InChI=1S/C31H37FN6O/c1-19-14-24(19)22-6-2-3-7-23(22)27-26(32)28-25(15-33-27)29(37-16-20-8-9-21(17-37)34-20)36-30(35-28)39-18-31-10-4-12-38(31)13-5-11-31/h2-3,6-7,15,19-21,24,34H,4-5,8-14,16-18H2,1H3/t19-,20?,21?,24?/m0/s1. The van der Waals surface area contributed by atoms with Crippen LogP contribution in [0.5, 0.6) is 6.01 Å². The average Bonchev–Trinajstić information content (AvgIpc) is 3.22. The lowest BCUT2D eigenvalue weighted by atomic mass is 9.95. The van der Waals surface area contributed by atoms with E-state index in [9.17, 15) is 0 Å². The molecule has 2 aromatic heterocycles. The summed E-state index contributed by atoms with van der Waals surface area (Å²) in [5.74, 6) is 1.47. The van der Waals surface area contributed by atoms with Gasteiger partial charge in [0.25, 0.3) is 0 Å². The van der Waals surface area contributed by atoms with Crippen molar-refractivity contribution in [2.75, 3.05) is 37.7 Å². The second-order valence-electron chi connectivity index (χ2n) is 12.7. The number of nitrogens with zero attached hydrogens (tertiary/aromatic N) is 5. The summed E-state index contributed by atoms with van der Waals surface area (Å²) in [6, 6.07) is 9.30. The summed E-state index contributed by atoms with van der Waals surface area (Å²) in [6.07, 6.45) is 9.97. The molecule has 204 valence electrons. The Labute approximate surface area is 229 Å². The van der Waals surface area contributed by atoms with Crippen molar-refractivity contribution in [2.45, 2.75) is 75.4 Å². The van der Waals surface area contributed by atoms with Crippen LogP contribution in [0.15, 0.2) is 30.5 Å². The summed E-state index contributed by atoms with van der Waals surface area (Å²) in [5.41, 5.74) is 2.83. The van der Waals surface area contributed by atoms with Gasteiger partial charge in [-0.15, -0.1) is 0 Å². The van der Waals surface area contributed by atoms with Crippen molar-refractivity contribution >= 4 is 16.7 Å². The molecule has 5 aliphatic rings. The van der Waals surface area contributed by atoms with Gasteiger partial charge in [0.15, 0.2) is 5.82 Å². The summed E-state index contributed by atoms with van der Waals surface area (Å²) in [6.45, 7) is 6.80. The van der Waals surface area contributed by atoms with Gasteiger partial charge < -0.3 is 15.0 Å². The van der Waals surface area contributed by atoms with Gasteiger partial charge in [0, 0.05) is 36.9 Å². The summed E-state index contributed by atoms with van der Waals surface area (Å²) < 4.78 is 22.9. The second kappa shape index (κ2) is 9.10. The van der Waals surface area contributed by atoms with E-state index in [2.05, 4.69) is 28.1 Å². The van der Waals surface area contributed by atoms with E-state index in [1.807, 2.05) is 18.2 Å². The first-order valence-electron chi connectivity index (χ1n) is 14.9. The quantitative estimate of drug-likeness (QED) is 0.488. The van der Waals surface area contributed by atoms with Gasteiger partial charge in [-0.25, -0.2) is 4.39 Å². The largest absolute Gasteiger partial charge is 0.461 e. The maximum Gasteiger partial charge on any atom is 0.319 e. The molecule has 7 nitrogen and oxygen atoms in total. The molecule has 1 aliphatic carbocycles. The summed E-state index contributed by atoms with van der Waals surface area (Å²) in [4.78, 5) is 19.3. The van der Waals surface area contributed by atoms with Gasteiger partial charge in [-0.05, 0) is 75.4 Å². The first-order valence-corrected chi connectivity index (χ1v) is 14.9. The van der Waals surface area contributed by atoms with Gasteiger partial charge in [-0.1, -0.05) is 31.2 Å². The Balaban J connectivity index is 1.22. The molecule has 1 N–H and O–H groups in total. The predicted molar refractivity (Wildman–Crippen MR) is 150 cm³/mol. The number of fused-ring (bicyclic) bond motifs is 4. The van der Waals surface area contributed by atoms with E-state index >= 15 is 4.39 Å². The average molecular weight is 529 g/mol. The lowest BCUT2D eigenvalue weighted by Gasteiger charge is -2.34. The molecule has 0 amide bonds. The molecule has 3 aromatic rings. The molecule has 4 saturated heterocycles. The number of hydrogen-bond acceptors (Lipinski definition) is 7. The monoisotopic (exact) mass is 528 g/mol. The fraction of sp³-hybridized carbons (Fsp3) is 0.581. The van der Waals surface area contributed by atoms with Crippen molar-refractivity contribution < 1.29 is 9.13 Å². The third-order valence-corrected chi connectivity index (χ3v) is 10.2. The van der Waals surface area contributed by atoms with E-state index < -0.39 is 0 Å². The lowest BCUT2D eigenvalue weighted by molar-refractivity contribution is 0.108. The summed E-state index contributed by atoms with van der Waals surface area (Å²) in [7, 11) is 0. The summed E-state index contributed by atoms with van der Waals surface area (Å²) >= 11 is 0. The predicted octanol–water partition coefficient (Wildman–Crippen LogP) is 4.90. The molecule has 1 aromatic carbocycles. The van der Waals surface area contributed by atoms with Crippen LogP contribution in [0.2, 0.25) is 0 Å². The number of halogens is 1. The normalized spacial score (nSPS) is 29.2. The highest BCUT2D eigenvalue weighted by Gasteiger charge is 2.45. The first kappa shape index (κ1) is 24.0. The number of hydrogen-bond donors (Lipinski definition) is 1. The van der Waals surface area contributed by atoms with E-state index in [1.165, 1.54) is 31.2 Å². The van der Waals surface area contributed by atoms with E-state index in [4.69, 9.17) is 19.7 Å². The number of rotatable bonds is 6. The number of pyridine rings is 1. The number of aromatic nitrogens is 3. The van der Waals surface area contributed by atoms with Crippen LogP contribution in [0.4, 0.5) is 10.2 Å². The molecular weight excluding hydrogens is 491 g/mol. The molecule has 39 heavy (non-hydrogen) atoms. The van der Waals surface area contributed by atoms with Crippen LogP contribution < -0.4 is 15.0 Å². The SMILES string of the molecule is C[C@H]1CC1c1ccccc1-c1ncc2c(N3CC4CCC(C3)N4)nc(OCC34CCCN3CCC4)nc2c1F. The highest BCUT2D eigenvalue weighted by molar-refractivity contribution is 5.92. The Hall–Kier alpha value is -2.84. The van der Waals surface area contributed by atoms with Gasteiger partial charge in [0.1, 0.15) is 23.6 Å². The Kier molecular flexibility index (Phi) is 5.60. The Morgan fingerprint density at radius 3 is 2.56 bits per heavy atom. The Morgan fingerprint density at radius 1 is 1.08 bits per heavy atom. The molecule has 0 spiro atoms. The maximum absolute atomic E-state index is 16.5. The minimum atomic E-state index is -0.374. The minimum Gasteiger partial charge on any atom is -0.461 e. The van der Waals surface area contributed by atoms with Crippen LogP contribution in [-0.2, 0) is 0 Å². The third kappa shape index (κ3) is 4.01. The first-order chi connectivity index (χ1) is 19.1. The van der Waals surface area contributed by atoms with E-state index in [1.54, 1.807) is 6.20 Å². The third-order valence-electron chi connectivity index (χ3n) is 10.2. The zero-order valence-electron chi connectivity index (χ0n) is 22.7. The molecule has 8 rings (SSSR count). The number of piperazine rings is 1. The summed E-state index contributed by atoms with van der Waals surface area (Å²) in [5, 5.41) is 4.37. The minimum absolute atomic E-state index is 0.0779. The van der Waals surface area contributed by atoms with Crippen molar-refractivity contribution in [3.8, 4) is 17.3 Å². The van der Waals surface area contributed by atoms with Gasteiger partial charge in [-0.2, -0.15) is 9.97 Å². The number of anilines is 1. The second-order valence-corrected chi connectivity index (χ2v) is 12.7. The molecule has 8 heteroatoms. The van der Waals surface area contributed by atoms with E-state index in [0.29, 0.717) is 47.1 Å². The van der Waals surface area contributed by atoms with Crippen molar-refractivity contribution in [2.24, 2.45) is 5.92 Å². The number of nitrogens with one attached hydrogen (secondary N) is 1. The molecule has 4 aliphatic heterocycles. The highest BCUT2D eigenvalue weighted by atomic mass is 19.1. The zero-order chi connectivity index (χ0) is 26.1. The van der Waals surface area contributed by atoms with Crippen LogP contribution >= 0.6 is 0 Å². The zero-order valence-corrected chi connectivity index (χ0v) is 22.7. The van der Waals surface area contributed by atoms with Crippen molar-refractivity contribution in [1.29, 1.82) is 0 Å². The molecule has 2 bridgehead atoms. The molecule has 1 saturated carbocycles. The molecule has 0 radical (unpaired) electrons. The van der Waals surface area contributed by atoms with Crippen molar-refractivity contribution in [3.05, 3.63) is 41.8 Å². The Morgan fingerprint density at radius 2 is 1.82 bits per heavy atom. The van der Waals surface area contributed by atoms with Gasteiger partial charge in [0.05, 0.1) is 10.9 Å². The van der Waals surface area contributed by atoms with Crippen molar-refractivity contribution in [3.63, 3.8) is 0 Å². The van der Waals surface area contributed by atoms with Crippen LogP contribution in [-0.4, -0.2) is 70.3 Å². The maximum atomic E-state index is 16.5. The fourth-order valence-corrected chi connectivity index (χ4v) is 7.94. The van der Waals surface area contributed by atoms with Gasteiger partial charge in [-0.3, -0.25) is 9.88 Å². The highest BCUT2D eigenvalue weighted by Crippen LogP contribution is 2.50. The van der Waals surface area contributed by atoms with Crippen molar-refractivity contribution in [1.82, 2.24) is 25.2 Å². The molecular formula is C31H37FN6O. The van der Waals surface area contributed by atoms with Crippen LogP contribution in [0.1, 0.15) is 63.4 Å². The number of ether oxygens (including phenoxy) is 1. The molecule has 6 heterocycles. The molecule has 4 atom stereocenters. The molecule has 5 fully saturated rings. The van der Waals surface area contributed by atoms with Gasteiger partial charge >= 0.3 is 6.01 Å². The van der Waals surface area contributed by atoms with Crippen LogP contribution in [0.3, 0.4) is 0 Å². The van der Waals surface area contributed by atoms with Crippen LogP contribution in [0.25, 0.3) is 22.2 Å². The van der Waals surface area contributed by atoms with E-state index in [0.717, 1.165) is 56.8 Å². The fourth-order valence-electron chi connectivity index (χ4n) is 7.94. The smallest absolute Gasteiger partial charge is 0.319 e. The number of benzene rings is 1. The van der Waals surface area contributed by atoms with Crippen LogP contribution in [0, 0.1) is 11.7 Å². The lowest BCUT2D eigenvalue weighted by Crippen LogP contribution is -2.51. The van der Waals surface area contributed by atoms with E-state index in [-0.39, 0.29) is 17.4 Å².